The lowest BCUT2D eigenvalue weighted by atomic mass is 10.1. The number of fused-ring (bicyclic) bond motifs is 1. The molecule has 4 heterocycles. The van der Waals surface area contributed by atoms with Crippen molar-refractivity contribution in [3.05, 3.63) is 65.2 Å². The average Bonchev–Trinajstić information content (AvgIpc) is 2.91. The number of Topliss-reactive ketones (excluding diaryl/α,β-unsaturated/α-hetero) is 1. The summed E-state index contributed by atoms with van der Waals surface area (Å²) in [6, 6.07) is 9.97. The van der Waals surface area contributed by atoms with Crippen LogP contribution in [0.3, 0.4) is 0 Å². The molecule has 0 saturated carbocycles. The molecule has 0 spiro atoms. The van der Waals surface area contributed by atoms with Crippen LogP contribution in [-0.4, -0.2) is 45.0 Å². The molecule has 4 aromatic rings. The molecule has 1 aliphatic heterocycles. The van der Waals surface area contributed by atoms with E-state index in [0.29, 0.717) is 39.2 Å². The van der Waals surface area contributed by atoms with Gasteiger partial charge in [0.2, 0.25) is 0 Å². The highest BCUT2D eigenvalue weighted by Crippen LogP contribution is 2.34. The molecular formula is C27H26Cl4FN6O2-3. The summed E-state index contributed by atoms with van der Waals surface area (Å²) in [6.07, 6.45) is 5.56. The number of carbonyl (C=O) groups excluding carboxylic acids is 1. The minimum atomic E-state index is -0.850. The number of carbonyl (C=O) groups is 1. The standard InChI is InChI=1S/C27H26ClFN6O2.3ClH/c1-2-23(36)18-13-31-22-7-6-21(15-10-19(28)27(37)20(29)11-15)34-26(22)25(18)33-17-5-8-24(32-12-17)35-9-3-4-16(30)14-35;;;/h5-8,10-13,16,37H,2-4,9,14,30H2,1H3,(H,31,33);3*1H/p-3/t16-;;;/m1.../s1. The predicted octanol–water partition coefficient (Wildman–Crippen LogP) is -3.53. The Bertz CT molecular complexity index is 1470. The number of piperidine rings is 1. The predicted molar refractivity (Wildman–Crippen MR) is 143 cm³/mol. The van der Waals surface area contributed by atoms with Crippen LogP contribution in [0.1, 0.15) is 36.5 Å². The molecule has 40 heavy (non-hydrogen) atoms. The third-order valence-corrected chi connectivity index (χ3v) is 6.73. The van der Waals surface area contributed by atoms with E-state index in [9.17, 15) is 14.3 Å². The summed E-state index contributed by atoms with van der Waals surface area (Å²) in [5.74, 6) is -0.725. The zero-order valence-electron chi connectivity index (χ0n) is 21.3. The topological polar surface area (TPSA) is 117 Å². The first-order valence-corrected chi connectivity index (χ1v) is 12.5. The van der Waals surface area contributed by atoms with Crippen molar-refractivity contribution >= 4 is 45.6 Å². The molecule has 13 heteroatoms. The van der Waals surface area contributed by atoms with Gasteiger partial charge < -0.3 is 58.3 Å². The van der Waals surface area contributed by atoms with E-state index in [0.717, 1.165) is 37.8 Å². The Kier molecular flexibility index (Phi) is 11.7. The van der Waals surface area contributed by atoms with Crippen LogP contribution in [-0.2, 0) is 0 Å². The Hall–Kier alpha value is -2.95. The van der Waals surface area contributed by atoms with Gasteiger partial charge in [0, 0.05) is 37.3 Å². The number of ketones is 1. The van der Waals surface area contributed by atoms with Gasteiger partial charge in [0.25, 0.3) is 0 Å². The second-order valence-electron chi connectivity index (χ2n) is 9.05. The number of rotatable bonds is 6. The Balaban J connectivity index is 0.00000187. The summed E-state index contributed by atoms with van der Waals surface area (Å²) >= 11 is 5.98. The van der Waals surface area contributed by atoms with Crippen LogP contribution in [0.4, 0.5) is 21.6 Å². The fraction of sp³-hybridized carbons (Fsp3) is 0.259. The molecule has 1 aliphatic rings. The van der Waals surface area contributed by atoms with Crippen LogP contribution in [0, 0.1) is 5.82 Å². The van der Waals surface area contributed by atoms with E-state index in [2.05, 4.69) is 20.2 Å². The molecular weight excluding hydrogens is 601 g/mol. The first-order valence-electron chi connectivity index (χ1n) is 12.1. The van der Waals surface area contributed by atoms with E-state index in [-0.39, 0.29) is 60.5 Å². The van der Waals surface area contributed by atoms with Crippen molar-refractivity contribution in [2.45, 2.75) is 32.2 Å². The molecule has 0 aliphatic carbocycles. The van der Waals surface area contributed by atoms with Crippen LogP contribution in [0.2, 0.25) is 5.02 Å². The number of aromatic hydroxyl groups is 1. The van der Waals surface area contributed by atoms with Gasteiger partial charge in [0.1, 0.15) is 11.3 Å². The fourth-order valence-corrected chi connectivity index (χ4v) is 4.69. The van der Waals surface area contributed by atoms with Crippen LogP contribution in [0.15, 0.2) is 48.8 Å². The van der Waals surface area contributed by atoms with Gasteiger partial charge in [0.15, 0.2) is 17.3 Å². The number of nitrogens with zero attached hydrogens (tertiary/aromatic N) is 4. The highest BCUT2D eigenvalue weighted by Gasteiger charge is 2.20. The van der Waals surface area contributed by atoms with E-state index >= 15 is 0 Å². The first-order chi connectivity index (χ1) is 17.8. The number of halogens is 5. The molecule has 3 aromatic heterocycles. The second kappa shape index (κ2) is 14.1. The minimum absolute atomic E-state index is 0. The monoisotopic (exact) mass is 625 g/mol. The van der Waals surface area contributed by atoms with Gasteiger partial charge in [-0.3, -0.25) is 9.78 Å². The number of nitrogens with two attached hydrogens (primary N) is 1. The third kappa shape index (κ3) is 6.85. The van der Waals surface area contributed by atoms with E-state index in [4.69, 9.17) is 22.3 Å². The zero-order valence-corrected chi connectivity index (χ0v) is 24.4. The molecule has 0 amide bonds. The lowest BCUT2D eigenvalue weighted by Crippen LogP contribution is -3.00. The Morgan fingerprint density at radius 2 is 1.95 bits per heavy atom. The normalized spacial score (nSPS) is 14.5. The number of anilines is 3. The highest BCUT2D eigenvalue weighted by molar-refractivity contribution is 6.32. The van der Waals surface area contributed by atoms with Crippen LogP contribution < -0.4 is 53.2 Å². The van der Waals surface area contributed by atoms with Crippen LogP contribution >= 0.6 is 11.6 Å². The second-order valence-corrected chi connectivity index (χ2v) is 9.46. The highest BCUT2D eigenvalue weighted by atomic mass is 35.5. The van der Waals surface area contributed by atoms with Gasteiger partial charge >= 0.3 is 0 Å². The minimum Gasteiger partial charge on any atom is -1.00 e. The summed E-state index contributed by atoms with van der Waals surface area (Å²) in [4.78, 5) is 28.7. The number of aromatic nitrogens is 3. The van der Waals surface area contributed by atoms with Crippen molar-refractivity contribution in [3.63, 3.8) is 0 Å². The number of nitrogens with one attached hydrogen (secondary N) is 1. The number of phenols is 1. The van der Waals surface area contributed by atoms with E-state index in [1.807, 2.05) is 12.1 Å². The first kappa shape index (κ1) is 33.3. The molecule has 4 N–H and O–H groups in total. The summed E-state index contributed by atoms with van der Waals surface area (Å²) in [5.41, 5.74) is 9.45. The molecule has 0 radical (unpaired) electrons. The molecule has 214 valence electrons. The third-order valence-electron chi connectivity index (χ3n) is 6.45. The van der Waals surface area contributed by atoms with Crippen molar-refractivity contribution in [1.29, 1.82) is 0 Å². The lowest BCUT2D eigenvalue weighted by Gasteiger charge is -2.31. The number of hydrogen-bond donors (Lipinski definition) is 3. The quantitative estimate of drug-likeness (QED) is 0.189. The SMILES string of the molecule is CCC(=O)c1cnc2ccc(-c3cc(F)c(O)c(Cl)c3)nc2c1Nc1ccc(N2CCC[C@@H](N)C2)nc1.[Cl-].[Cl-].[Cl-]. The van der Waals surface area contributed by atoms with Gasteiger partial charge in [-0.15, -0.1) is 0 Å². The summed E-state index contributed by atoms with van der Waals surface area (Å²) in [6.45, 7) is 3.45. The molecule has 5 rings (SSSR count). The number of phenolic OH excluding ortho intramolecular Hbond substituents is 1. The zero-order chi connectivity index (χ0) is 26.1. The maximum absolute atomic E-state index is 14.2. The fourth-order valence-electron chi connectivity index (χ4n) is 4.48. The molecule has 1 fully saturated rings. The summed E-state index contributed by atoms with van der Waals surface area (Å²) in [5, 5.41) is 12.9. The Morgan fingerprint density at radius 1 is 1.18 bits per heavy atom. The van der Waals surface area contributed by atoms with Gasteiger partial charge in [-0.05, 0) is 49.2 Å². The number of pyridine rings is 3. The molecule has 8 nitrogen and oxygen atoms in total. The number of hydrogen-bond acceptors (Lipinski definition) is 8. The maximum atomic E-state index is 14.2. The van der Waals surface area contributed by atoms with Crippen molar-refractivity contribution in [3.8, 4) is 17.0 Å². The van der Waals surface area contributed by atoms with Crippen molar-refractivity contribution in [2.24, 2.45) is 5.73 Å². The smallest absolute Gasteiger partial charge is 0.170 e. The van der Waals surface area contributed by atoms with Gasteiger partial charge in [-0.25, -0.2) is 14.4 Å². The summed E-state index contributed by atoms with van der Waals surface area (Å²) in [7, 11) is 0. The maximum Gasteiger partial charge on any atom is 0.170 e. The summed E-state index contributed by atoms with van der Waals surface area (Å²) < 4.78 is 14.2. The average molecular weight is 627 g/mol. The van der Waals surface area contributed by atoms with Gasteiger partial charge in [0.05, 0.1) is 39.4 Å². The molecule has 1 saturated heterocycles. The number of benzene rings is 1. The molecule has 1 aromatic carbocycles. The van der Waals surface area contributed by atoms with Crippen molar-refractivity contribution in [2.75, 3.05) is 23.3 Å². The Morgan fingerprint density at radius 3 is 2.60 bits per heavy atom. The molecule has 1 atom stereocenters. The van der Waals surface area contributed by atoms with Crippen LogP contribution in [0.25, 0.3) is 22.3 Å². The van der Waals surface area contributed by atoms with Gasteiger partial charge in [-0.2, -0.15) is 0 Å². The van der Waals surface area contributed by atoms with Crippen LogP contribution in [0.5, 0.6) is 5.75 Å². The van der Waals surface area contributed by atoms with E-state index < -0.39 is 11.6 Å². The Labute approximate surface area is 254 Å². The van der Waals surface area contributed by atoms with E-state index in [1.165, 1.54) is 12.3 Å². The lowest BCUT2D eigenvalue weighted by molar-refractivity contribution is -0.00100. The van der Waals surface area contributed by atoms with Crippen molar-refractivity contribution in [1.82, 2.24) is 15.0 Å². The van der Waals surface area contributed by atoms with Crippen molar-refractivity contribution < 1.29 is 51.5 Å². The molecule has 0 unspecified atom stereocenters. The van der Waals surface area contributed by atoms with E-state index in [1.54, 1.807) is 25.3 Å². The van der Waals surface area contributed by atoms with Gasteiger partial charge in [-0.1, -0.05) is 18.5 Å². The molecule has 0 bridgehead atoms. The largest absolute Gasteiger partial charge is 1.00 e.